The Bertz CT molecular complexity index is 1110. The maximum absolute atomic E-state index is 12.9. The number of ether oxygens (including phenoxy) is 1. The van der Waals surface area contributed by atoms with E-state index < -0.39 is 0 Å². The van der Waals surface area contributed by atoms with Crippen LogP contribution in [0.1, 0.15) is 20.9 Å². The first-order valence-corrected chi connectivity index (χ1v) is 11.1. The quantitative estimate of drug-likeness (QED) is 0.599. The first-order valence-electron chi connectivity index (χ1n) is 10.3. The van der Waals surface area contributed by atoms with E-state index in [1.807, 2.05) is 19.1 Å². The van der Waals surface area contributed by atoms with Crippen LogP contribution in [0.3, 0.4) is 0 Å². The molecule has 3 aromatic rings. The number of fused-ring (bicyclic) bond motifs is 2. The molecule has 1 fully saturated rings. The van der Waals surface area contributed by atoms with E-state index in [-0.39, 0.29) is 11.9 Å². The van der Waals surface area contributed by atoms with Crippen LogP contribution < -0.4 is 26.0 Å². The zero-order chi connectivity index (χ0) is 20.7. The van der Waals surface area contributed by atoms with Crippen molar-refractivity contribution in [3.05, 3.63) is 46.5 Å². The predicted molar refractivity (Wildman–Crippen MR) is 121 cm³/mol. The van der Waals surface area contributed by atoms with Crippen LogP contribution in [-0.2, 0) is 6.42 Å². The molecule has 0 bridgehead atoms. The van der Waals surface area contributed by atoms with Gasteiger partial charge in [0.25, 0.3) is 5.91 Å². The van der Waals surface area contributed by atoms with E-state index >= 15 is 0 Å². The molecule has 30 heavy (non-hydrogen) atoms. The molecule has 2 aliphatic heterocycles. The number of piperazine rings is 1. The molecule has 0 aliphatic carbocycles. The minimum absolute atomic E-state index is 0.0886. The lowest BCUT2D eigenvalue weighted by Gasteiger charge is -2.31. The van der Waals surface area contributed by atoms with Gasteiger partial charge in [-0.25, -0.2) is 4.98 Å². The number of carbonyl (C=O) groups is 1. The fraction of sp³-hybridized carbons (Fsp3) is 0.364. The Labute approximate surface area is 179 Å². The second-order valence-corrected chi connectivity index (χ2v) is 8.86. The van der Waals surface area contributed by atoms with Crippen molar-refractivity contribution in [2.75, 3.05) is 43.4 Å². The summed E-state index contributed by atoms with van der Waals surface area (Å²) in [7, 11) is 0. The average Bonchev–Trinajstić information content (AvgIpc) is 3.09. The van der Waals surface area contributed by atoms with Crippen molar-refractivity contribution >= 4 is 38.8 Å². The Balaban J connectivity index is 1.29. The van der Waals surface area contributed by atoms with Crippen molar-refractivity contribution in [2.24, 2.45) is 0 Å². The van der Waals surface area contributed by atoms with Crippen LogP contribution in [0.2, 0.25) is 0 Å². The Hall–Kier alpha value is -2.84. The molecule has 4 N–H and O–H groups in total. The van der Waals surface area contributed by atoms with E-state index in [4.69, 9.17) is 10.5 Å². The van der Waals surface area contributed by atoms with Crippen LogP contribution in [0, 0.1) is 6.92 Å². The van der Waals surface area contributed by atoms with Gasteiger partial charge < -0.3 is 26.0 Å². The fourth-order valence-corrected chi connectivity index (χ4v) is 5.13. The van der Waals surface area contributed by atoms with Gasteiger partial charge in [0.2, 0.25) is 0 Å². The number of pyridine rings is 1. The Kier molecular flexibility index (Phi) is 4.96. The van der Waals surface area contributed by atoms with Gasteiger partial charge in [-0.3, -0.25) is 4.79 Å². The van der Waals surface area contributed by atoms with E-state index in [0.29, 0.717) is 17.2 Å². The normalized spacial score (nSPS) is 18.7. The smallest absolute Gasteiger partial charge is 0.263 e. The van der Waals surface area contributed by atoms with Crippen molar-refractivity contribution < 1.29 is 9.53 Å². The minimum atomic E-state index is -0.164. The highest BCUT2D eigenvalue weighted by atomic mass is 32.1. The number of aromatic nitrogens is 1. The molecule has 0 saturated carbocycles. The third-order valence-electron chi connectivity index (χ3n) is 5.71. The molecule has 1 amide bonds. The third kappa shape index (κ3) is 3.57. The van der Waals surface area contributed by atoms with Crippen LogP contribution in [0.25, 0.3) is 10.2 Å². The SMILES string of the molecule is Cc1ccc2c(N)c(C(=O)N[C@H]3COc4cc(N5CCNCC5)ccc4C3)sc2n1. The Morgan fingerprint density at radius 3 is 2.97 bits per heavy atom. The molecule has 2 aromatic heterocycles. The van der Waals surface area contributed by atoms with E-state index in [1.54, 1.807) is 0 Å². The average molecular weight is 424 g/mol. The van der Waals surface area contributed by atoms with Gasteiger partial charge >= 0.3 is 0 Å². The van der Waals surface area contributed by atoms with Crippen molar-refractivity contribution in [1.29, 1.82) is 0 Å². The van der Waals surface area contributed by atoms with Crippen molar-refractivity contribution in [1.82, 2.24) is 15.6 Å². The van der Waals surface area contributed by atoms with Gasteiger partial charge in [0, 0.05) is 49.0 Å². The molecule has 1 aromatic carbocycles. The maximum Gasteiger partial charge on any atom is 0.263 e. The summed E-state index contributed by atoms with van der Waals surface area (Å²) in [6.07, 6.45) is 0.741. The second kappa shape index (κ2) is 7.77. The molecular formula is C22H25N5O2S. The Morgan fingerprint density at radius 1 is 1.30 bits per heavy atom. The predicted octanol–water partition coefficient (Wildman–Crippen LogP) is 2.33. The summed E-state index contributed by atoms with van der Waals surface area (Å²) in [5, 5.41) is 7.30. The van der Waals surface area contributed by atoms with Gasteiger partial charge in [-0.15, -0.1) is 11.3 Å². The van der Waals surface area contributed by atoms with Gasteiger partial charge in [-0.05, 0) is 37.1 Å². The van der Waals surface area contributed by atoms with Crippen molar-refractivity contribution in [3.8, 4) is 5.75 Å². The number of hydrogen-bond donors (Lipinski definition) is 3. The first-order chi connectivity index (χ1) is 14.6. The van der Waals surface area contributed by atoms with Gasteiger partial charge in [-0.2, -0.15) is 0 Å². The van der Waals surface area contributed by atoms with Crippen LogP contribution in [-0.4, -0.2) is 49.7 Å². The first kappa shape index (κ1) is 19.1. The molecular weight excluding hydrogens is 398 g/mol. The number of aryl methyl sites for hydroxylation is 1. The van der Waals surface area contributed by atoms with Crippen LogP contribution in [0.5, 0.6) is 5.75 Å². The largest absolute Gasteiger partial charge is 0.491 e. The van der Waals surface area contributed by atoms with E-state index in [2.05, 4.69) is 38.7 Å². The number of amides is 1. The number of thiophene rings is 1. The number of rotatable bonds is 3. The summed E-state index contributed by atoms with van der Waals surface area (Å²) in [5.74, 6) is 0.750. The molecule has 8 heteroatoms. The zero-order valence-electron chi connectivity index (χ0n) is 16.9. The summed E-state index contributed by atoms with van der Waals surface area (Å²) < 4.78 is 6.01. The van der Waals surface area contributed by atoms with Crippen molar-refractivity contribution in [3.63, 3.8) is 0 Å². The molecule has 4 heterocycles. The number of hydrogen-bond acceptors (Lipinski definition) is 7. The lowest BCUT2D eigenvalue weighted by molar-refractivity contribution is 0.0920. The summed E-state index contributed by atoms with van der Waals surface area (Å²) in [6, 6.07) is 10.1. The summed E-state index contributed by atoms with van der Waals surface area (Å²) >= 11 is 1.34. The van der Waals surface area contributed by atoms with Crippen LogP contribution in [0.4, 0.5) is 11.4 Å². The topological polar surface area (TPSA) is 92.5 Å². The molecule has 0 radical (unpaired) electrons. The van der Waals surface area contributed by atoms with Gasteiger partial charge in [0.15, 0.2) is 0 Å². The lowest BCUT2D eigenvalue weighted by Crippen LogP contribution is -2.44. The fourth-order valence-electron chi connectivity index (χ4n) is 4.08. The van der Waals surface area contributed by atoms with Gasteiger partial charge in [0.1, 0.15) is 22.1 Å². The van der Waals surface area contributed by atoms with Crippen molar-refractivity contribution in [2.45, 2.75) is 19.4 Å². The molecule has 156 valence electrons. The third-order valence-corrected chi connectivity index (χ3v) is 6.83. The molecule has 2 aliphatic rings. The molecule has 0 spiro atoms. The molecule has 5 rings (SSSR count). The zero-order valence-corrected chi connectivity index (χ0v) is 17.7. The summed E-state index contributed by atoms with van der Waals surface area (Å²) in [5.41, 5.74) is 9.95. The maximum atomic E-state index is 12.9. The standard InChI is InChI=1S/C22H25N5O2S/c1-13-2-5-17-19(23)20(30-22(17)25-13)21(28)26-15-10-14-3-4-16(11-18(14)29-12-15)27-8-6-24-7-9-27/h2-5,11,15,24H,6-10,12,23H2,1H3,(H,26,28)/t15-/m1/s1. The van der Waals surface area contributed by atoms with E-state index in [9.17, 15) is 4.79 Å². The van der Waals surface area contributed by atoms with Gasteiger partial charge in [0.05, 0.1) is 11.7 Å². The minimum Gasteiger partial charge on any atom is -0.491 e. The Morgan fingerprint density at radius 2 is 2.13 bits per heavy atom. The van der Waals surface area contributed by atoms with Crippen LogP contribution >= 0.6 is 11.3 Å². The molecule has 7 nitrogen and oxygen atoms in total. The van der Waals surface area contributed by atoms with E-state index in [1.165, 1.54) is 17.0 Å². The lowest BCUT2D eigenvalue weighted by atomic mass is 10.0. The number of nitrogen functional groups attached to an aromatic ring is 1. The van der Waals surface area contributed by atoms with Crippen LogP contribution in [0.15, 0.2) is 30.3 Å². The van der Waals surface area contributed by atoms with E-state index in [0.717, 1.165) is 59.8 Å². The van der Waals surface area contributed by atoms with Gasteiger partial charge in [-0.1, -0.05) is 6.07 Å². The molecule has 1 atom stereocenters. The highest BCUT2D eigenvalue weighted by molar-refractivity contribution is 7.21. The summed E-state index contributed by atoms with van der Waals surface area (Å²) in [6.45, 7) is 6.39. The number of carbonyl (C=O) groups excluding carboxylic acids is 1. The number of nitrogens with two attached hydrogens (primary N) is 1. The number of benzene rings is 1. The summed E-state index contributed by atoms with van der Waals surface area (Å²) in [4.78, 5) is 21.1. The highest BCUT2D eigenvalue weighted by Gasteiger charge is 2.25. The number of nitrogens with one attached hydrogen (secondary N) is 2. The monoisotopic (exact) mass is 423 g/mol. The molecule has 0 unspecified atom stereocenters. The molecule has 1 saturated heterocycles. The number of anilines is 2. The second-order valence-electron chi connectivity index (χ2n) is 7.86. The highest BCUT2D eigenvalue weighted by Crippen LogP contribution is 2.33. The number of nitrogens with zero attached hydrogens (tertiary/aromatic N) is 2.